The van der Waals surface area contributed by atoms with Gasteiger partial charge in [-0.15, -0.1) is 0 Å². The number of carbonyl (C=O) groups excluding carboxylic acids is 3. The molecule has 0 saturated heterocycles. The van der Waals surface area contributed by atoms with Crippen molar-refractivity contribution in [1.82, 2.24) is 5.06 Å². The Balaban J connectivity index is 1.79. The first-order valence-electron chi connectivity index (χ1n) is 6.62. The van der Waals surface area contributed by atoms with Crippen molar-refractivity contribution >= 4 is 17.8 Å². The van der Waals surface area contributed by atoms with Crippen LogP contribution in [0.25, 0.3) is 0 Å². The van der Waals surface area contributed by atoms with Crippen molar-refractivity contribution in [2.75, 3.05) is 0 Å². The Hall–Kier alpha value is -2.17. The highest BCUT2D eigenvalue weighted by atomic mass is 16.7. The summed E-state index contributed by atoms with van der Waals surface area (Å²) in [6.07, 6.45) is 1.43. The fraction of sp³-hybridized carbons (Fsp3) is 0.400. The van der Waals surface area contributed by atoms with Gasteiger partial charge in [-0.3, -0.25) is 9.59 Å². The van der Waals surface area contributed by atoms with Crippen molar-refractivity contribution in [3.8, 4) is 0 Å². The molecule has 0 atom stereocenters. The van der Waals surface area contributed by atoms with Crippen molar-refractivity contribution in [2.45, 2.75) is 26.7 Å². The predicted octanol–water partition coefficient (Wildman–Crippen LogP) is 2.18. The number of hydrogen-bond donors (Lipinski definition) is 0. The fourth-order valence-electron chi connectivity index (χ4n) is 3.09. The SMILES string of the molecule is CC1CC(C)(C(=O)ON2C(=O)c3ccccc3C2=O)C1. The number of amides is 2. The van der Waals surface area contributed by atoms with Crippen molar-refractivity contribution in [2.24, 2.45) is 11.3 Å². The predicted molar refractivity (Wildman–Crippen MR) is 69.5 cm³/mol. The summed E-state index contributed by atoms with van der Waals surface area (Å²) in [4.78, 5) is 41.3. The molecule has 5 heteroatoms. The standard InChI is InChI=1S/C15H15NO4/c1-9-7-15(2,8-9)14(19)20-16-12(17)10-5-3-4-6-11(10)13(16)18/h3-6,9H,7-8H2,1-2H3. The van der Waals surface area contributed by atoms with Gasteiger partial charge < -0.3 is 4.84 Å². The van der Waals surface area contributed by atoms with E-state index >= 15 is 0 Å². The molecule has 0 aromatic heterocycles. The van der Waals surface area contributed by atoms with Gasteiger partial charge in [0.2, 0.25) is 0 Å². The van der Waals surface area contributed by atoms with E-state index in [0.717, 1.165) is 12.8 Å². The molecule has 0 unspecified atom stereocenters. The zero-order chi connectivity index (χ0) is 14.5. The lowest BCUT2D eigenvalue weighted by Crippen LogP contribution is -2.45. The van der Waals surface area contributed by atoms with Gasteiger partial charge in [0.15, 0.2) is 0 Å². The maximum Gasteiger partial charge on any atom is 0.339 e. The Morgan fingerprint density at radius 3 is 2.15 bits per heavy atom. The van der Waals surface area contributed by atoms with Gasteiger partial charge in [0, 0.05) is 0 Å². The summed E-state index contributed by atoms with van der Waals surface area (Å²) in [7, 11) is 0. The number of fused-ring (bicyclic) bond motifs is 1. The lowest BCUT2D eigenvalue weighted by Gasteiger charge is -2.41. The maximum absolute atomic E-state index is 12.1. The molecule has 2 amide bonds. The molecule has 3 rings (SSSR count). The smallest absolute Gasteiger partial charge is 0.329 e. The molecule has 1 saturated carbocycles. The Morgan fingerprint density at radius 2 is 1.70 bits per heavy atom. The Bertz CT molecular complexity index is 581. The third-order valence-electron chi connectivity index (χ3n) is 4.02. The van der Waals surface area contributed by atoms with Gasteiger partial charge in [-0.1, -0.05) is 24.1 Å². The minimum absolute atomic E-state index is 0.275. The summed E-state index contributed by atoms with van der Waals surface area (Å²) in [6, 6.07) is 6.45. The first-order valence-corrected chi connectivity index (χ1v) is 6.62. The number of benzene rings is 1. The Morgan fingerprint density at radius 1 is 1.20 bits per heavy atom. The first kappa shape index (κ1) is 12.8. The van der Waals surface area contributed by atoms with E-state index in [2.05, 4.69) is 6.92 Å². The largest absolute Gasteiger partial charge is 0.339 e. The van der Waals surface area contributed by atoms with Crippen molar-refractivity contribution in [3.63, 3.8) is 0 Å². The van der Waals surface area contributed by atoms with E-state index in [1.807, 2.05) is 0 Å². The fourth-order valence-corrected chi connectivity index (χ4v) is 3.09. The van der Waals surface area contributed by atoms with Gasteiger partial charge in [-0.25, -0.2) is 4.79 Å². The van der Waals surface area contributed by atoms with Crippen molar-refractivity contribution < 1.29 is 19.2 Å². The highest BCUT2D eigenvalue weighted by molar-refractivity contribution is 6.20. The maximum atomic E-state index is 12.1. The van der Waals surface area contributed by atoms with E-state index in [0.29, 0.717) is 11.0 Å². The van der Waals surface area contributed by atoms with Crippen LogP contribution < -0.4 is 0 Å². The minimum Gasteiger partial charge on any atom is -0.329 e. The average molecular weight is 273 g/mol. The van der Waals surface area contributed by atoms with Crippen LogP contribution in [0.2, 0.25) is 0 Å². The van der Waals surface area contributed by atoms with Gasteiger partial charge in [0.05, 0.1) is 16.5 Å². The highest BCUT2D eigenvalue weighted by Crippen LogP contribution is 2.46. The number of hydroxylamine groups is 2. The normalized spacial score (nSPS) is 28.1. The quantitative estimate of drug-likeness (QED) is 0.775. The molecular weight excluding hydrogens is 258 g/mol. The van der Waals surface area contributed by atoms with Crippen LogP contribution in [0, 0.1) is 11.3 Å². The van der Waals surface area contributed by atoms with E-state index in [9.17, 15) is 14.4 Å². The second kappa shape index (κ2) is 4.16. The molecule has 0 N–H and O–H groups in total. The Kier molecular flexibility index (Phi) is 2.67. The molecule has 104 valence electrons. The van der Waals surface area contributed by atoms with Crippen LogP contribution in [0.5, 0.6) is 0 Å². The minimum atomic E-state index is -0.589. The molecule has 0 radical (unpaired) electrons. The summed E-state index contributed by atoms with van der Waals surface area (Å²) in [5.41, 5.74) is -0.0377. The molecule has 5 nitrogen and oxygen atoms in total. The molecule has 1 aliphatic carbocycles. The van der Waals surface area contributed by atoms with Crippen LogP contribution in [0.1, 0.15) is 47.4 Å². The molecule has 1 aromatic rings. The summed E-state index contributed by atoms with van der Waals surface area (Å²) in [6.45, 7) is 3.85. The number of hydrogen-bond acceptors (Lipinski definition) is 4. The number of carbonyl (C=O) groups is 3. The molecule has 2 aliphatic rings. The lowest BCUT2D eigenvalue weighted by atomic mass is 9.64. The van der Waals surface area contributed by atoms with E-state index in [1.165, 1.54) is 0 Å². The molecular formula is C15H15NO4. The van der Waals surface area contributed by atoms with E-state index in [4.69, 9.17) is 4.84 Å². The summed E-state index contributed by atoms with van der Waals surface area (Å²) in [5.74, 6) is -1.19. The molecule has 1 heterocycles. The van der Waals surface area contributed by atoms with E-state index < -0.39 is 23.2 Å². The summed E-state index contributed by atoms with van der Waals surface area (Å²) < 4.78 is 0. The molecule has 0 bridgehead atoms. The zero-order valence-corrected chi connectivity index (χ0v) is 11.4. The lowest BCUT2D eigenvalue weighted by molar-refractivity contribution is -0.188. The third-order valence-corrected chi connectivity index (χ3v) is 4.02. The first-order chi connectivity index (χ1) is 9.42. The summed E-state index contributed by atoms with van der Waals surface area (Å²) >= 11 is 0. The molecule has 1 fully saturated rings. The molecule has 1 aliphatic heterocycles. The topological polar surface area (TPSA) is 63.7 Å². The second-order valence-electron chi connectivity index (χ2n) is 5.90. The monoisotopic (exact) mass is 273 g/mol. The van der Waals surface area contributed by atoms with Gasteiger partial charge in [0.1, 0.15) is 0 Å². The van der Waals surface area contributed by atoms with Crippen LogP contribution in [0.15, 0.2) is 24.3 Å². The van der Waals surface area contributed by atoms with Crippen LogP contribution in [0.3, 0.4) is 0 Å². The van der Waals surface area contributed by atoms with Crippen LogP contribution in [0.4, 0.5) is 0 Å². The molecule has 20 heavy (non-hydrogen) atoms. The second-order valence-corrected chi connectivity index (χ2v) is 5.90. The Labute approximate surface area is 116 Å². The van der Waals surface area contributed by atoms with Crippen molar-refractivity contribution in [1.29, 1.82) is 0 Å². The number of nitrogens with zero attached hydrogens (tertiary/aromatic N) is 1. The van der Waals surface area contributed by atoms with Gasteiger partial charge in [0.25, 0.3) is 11.8 Å². The summed E-state index contributed by atoms with van der Waals surface area (Å²) in [5, 5.41) is 0.585. The molecule has 0 spiro atoms. The van der Waals surface area contributed by atoms with Gasteiger partial charge in [-0.2, -0.15) is 0 Å². The van der Waals surface area contributed by atoms with E-state index in [-0.39, 0.29) is 11.1 Å². The highest BCUT2D eigenvalue weighted by Gasteiger charge is 2.48. The van der Waals surface area contributed by atoms with Crippen LogP contribution >= 0.6 is 0 Å². The van der Waals surface area contributed by atoms with E-state index in [1.54, 1.807) is 31.2 Å². The number of rotatable bonds is 2. The third kappa shape index (κ3) is 1.73. The van der Waals surface area contributed by atoms with Gasteiger partial charge in [-0.05, 0) is 37.8 Å². The number of imide groups is 1. The molecule has 1 aromatic carbocycles. The van der Waals surface area contributed by atoms with Crippen LogP contribution in [-0.2, 0) is 9.63 Å². The van der Waals surface area contributed by atoms with Crippen LogP contribution in [-0.4, -0.2) is 22.8 Å². The van der Waals surface area contributed by atoms with Crippen molar-refractivity contribution in [3.05, 3.63) is 35.4 Å². The average Bonchev–Trinajstić information content (AvgIpc) is 2.63. The van der Waals surface area contributed by atoms with Gasteiger partial charge >= 0.3 is 5.97 Å². The zero-order valence-electron chi connectivity index (χ0n) is 11.4.